The van der Waals surface area contributed by atoms with Gasteiger partial charge in [-0.3, -0.25) is 9.36 Å². The molecule has 212 valence electrons. The van der Waals surface area contributed by atoms with Crippen molar-refractivity contribution in [3.8, 4) is 11.8 Å². The van der Waals surface area contributed by atoms with Crippen LogP contribution in [0, 0.1) is 24.2 Å². The molecule has 2 aromatic heterocycles. The number of fused-ring (bicyclic) bond motifs is 1. The molecule has 0 amide bonds. The molecule has 2 heterocycles. The zero-order valence-electron chi connectivity index (χ0n) is 23.1. The van der Waals surface area contributed by atoms with Gasteiger partial charge in [-0.1, -0.05) is 37.5 Å². The number of benzene rings is 1. The lowest BCUT2D eigenvalue weighted by Gasteiger charge is -2.30. The molecule has 2 fully saturated rings. The molecule has 1 N–H and O–H groups in total. The van der Waals surface area contributed by atoms with Crippen molar-refractivity contribution in [3.63, 3.8) is 0 Å². The van der Waals surface area contributed by atoms with E-state index in [0.29, 0.717) is 33.5 Å². The van der Waals surface area contributed by atoms with E-state index < -0.39 is 28.9 Å². The molecule has 1 unspecified atom stereocenters. The number of nitriles is 1. The minimum atomic E-state index is -1.81. The largest absolute Gasteiger partial charge is 0.493 e. The van der Waals surface area contributed by atoms with Gasteiger partial charge in [0.15, 0.2) is 0 Å². The summed E-state index contributed by atoms with van der Waals surface area (Å²) >= 11 is 1.07. The van der Waals surface area contributed by atoms with E-state index in [1.165, 1.54) is 18.4 Å². The van der Waals surface area contributed by atoms with Crippen LogP contribution >= 0.6 is 11.3 Å². The van der Waals surface area contributed by atoms with Gasteiger partial charge >= 0.3 is 11.7 Å². The fourth-order valence-corrected chi connectivity index (χ4v) is 6.49. The summed E-state index contributed by atoms with van der Waals surface area (Å²) in [6.45, 7) is 4.97. The van der Waals surface area contributed by atoms with Gasteiger partial charge in [0.1, 0.15) is 33.2 Å². The number of hydrogen-bond acceptors (Lipinski definition) is 7. The van der Waals surface area contributed by atoms with E-state index in [-0.39, 0.29) is 18.0 Å². The molecule has 0 radical (unpaired) electrons. The van der Waals surface area contributed by atoms with Gasteiger partial charge in [-0.2, -0.15) is 5.26 Å². The Balaban J connectivity index is 1.68. The molecule has 40 heavy (non-hydrogen) atoms. The number of nitrogens with zero attached hydrogens (tertiary/aromatic N) is 3. The summed E-state index contributed by atoms with van der Waals surface area (Å²) in [5.74, 6) is -0.0631. The average Bonchev–Trinajstić information content (AvgIpc) is 3.70. The van der Waals surface area contributed by atoms with Gasteiger partial charge in [0.2, 0.25) is 0 Å². The predicted molar refractivity (Wildman–Crippen MR) is 152 cm³/mol. The second-order valence-corrected chi connectivity index (χ2v) is 12.4. The maximum Gasteiger partial charge on any atom is 0.333 e. The van der Waals surface area contributed by atoms with Crippen LogP contribution < -0.4 is 16.0 Å². The number of carbonyl (C=O) groups is 1. The maximum absolute atomic E-state index is 14.0. The number of aryl methyl sites for hydroxylation is 1. The third kappa shape index (κ3) is 5.32. The van der Waals surface area contributed by atoms with E-state index in [4.69, 9.17) is 9.47 Å². The van der Waals surface area contributed by atoms with Gasteiger partial charge in [-0.15, -0.1) is 11.3 Å². The molecule has 1 aromatic carbocycles. The first-order chi connectivity index (χ1) is 19.1. The monoisotopic (exact) mass is 565 g/mol. The Labute approximate surface area is 236 Å². The number of carboxylic acid groups (broad SMARTS) is 1. The molecule has 2 saturated carbocycles. The third-order valence-electron chi connectivity index (χ3n) is 8.09. The summed E-state index contributed by atoms with van der Waals surface area (Å²) < 4.78 is 15.1. The Morgan fingerprint density at radius 2 is 1.88 bits per heavy atom. The van der Waals surface area contributed by atoms with Crippen LogP contribution in [0.4, 0.5) is 0 Å². The summed E-state index contributed by atoms with van der Waals surface area (Å²) in [7, 11) is 0. The number of ether oxygens (including phenoxy) is 2. The van der Waals surface area contributed by atoms with Crippen molar-refractivity contribution in [2.24, 2.45) is 5.92 Å². The summed E-state index contributed by atoms with van der Waals surface area (Å²) in [6, 6.07) is 9.78. The molecule has 3 aromatic rings. The number of hydrogen-bond donors (Lipinski definition) is 1. The highest BCUT2D eigenvalue weighted by Crippen LogP contribution is 2.36. The van der Waals surface area contributed by atoms with Crippen LogP contribution in [-0.4, -0.2) is 32.9 Å². The fourth-order valence-electron chi connectivity index (χ4n) is 5.39. The van der Waals surface area contributed by atoms with Crippen molar-refractivity contribution in [1.82, 2.24) is 9.13 Å². The van der Waals surface area contributed by atoms with Crippen LogP contribution in [0.25, 0.3) is 10.2 Å². The molecule has 9 nitrogen and oxygen atoms in total. The van der Waals surface area contributed by atoms with Crippen LogP contribution in [-0.2, 0) is 21.6 Å². The highest BCUT2D eigenvalue weighted by Gasteiger charge is 2.36. The van der Waals surface area contributed by atoms with Crippen LogP contribution in [0.1, 0.15) is 80.9 Å². The van der Waals surface area contributed by atoms with Crippen LogP contribution in [0.2, 0.25) is 0 Å². The third-order valence-corrected chi connectivity index (χ3v) is 9.31. The number of para-hydroxylation sites is 1. The number of carboxylic acids is 1. The Kier molecular flexibility index (Phi) is 7.89. The van der Waals surface area contributed by atoms with E-state index in [1.54, 1.807) is 6.92 Å². The molecule has 1 atom stereocenters. The van der Waals surface area contributed by atoms with E-state index in [2.05, 4.69) is 6.07 Å². The smallest absolute Gasteiger partial charge is 0.333 e. The molecular formula is C30H35N3O6S. The topological polar surface area (TPSA) is 124 Å². The van der Waals surface area contributed by atoms with Gasteiger partial charge in [0, 0.05) is 5.56 Å². The molecule has 2 aliphatic carbocycles. The lowest BCUT2D eigenvalue weighted by Crippen LogP contribution is -2.52. The number of aromatic nitrogens is 2. The molecule has 0 spiro atoms. The van der Waals surface area contributed by atoms with Crippen molar-refractivity contribution < 1.29 is 19.4 Å². The summed E-state index contributed by atoms with van der Waals surface area (Å²) in [5, 5.41) is 19.9. The standard InChI is InChI=1S/C30H35N3O6S/c1-18-24(15-31)40-27-25(18)26(34)33(30(2,3)28(35)36)29(37)32(27)16-23(39-20-9-5-4-6-10-20)21-11-7-8-12-22(21)38-17-19-13-14-19/h7-8,11-12,19-20,23H,4-6,9-10,13-14,16-17H2,1-3H3,(H,35,36). The molecule has 5 rings (SSSR count). The Morgan fingerprint density at radius 3 is 2.52 bits per heavy atom. The Morgan fingerprint density at radius 1 is 1.18 bits per heavy atom. The second-order valence-electron chi connectivity index (χ2n) is 11.4. The highest BCUT2D eigenvalue weighted by atomic mass is 32.1. The van der Waals surface area contributed by atoms with Crippen molar-refractivity contribution in [1.29, 1.82) is 5.26 Å². The molecular weight excluding hydrogens is 530 g/mol. The first-order valence-corrected chi connectivity index (χ1v) is 14.7. The van der Waals surface area contributed by atoms with Crippen LogP contribution in [0.5, 0.6) is 5.75 Å². The lowest BCUT2D eigenvalue weighted by molar-refractivity contribution is -0.146. The lowest BCUT2D eigenvalue weighted by atomic mass is 9.97. The van der Waals surface area contributed by atoms with Crippen molar-refractivity contribution in [2.45, 2.75) is 90.0 Å². The van der Waals surface area contributed by atoms with E-state index in [1.807, 2.05) is 24.3 Å². The molecule has 0 bridgehead atoms. The molecule has 10 heteroatoms. The Hall–Kier alpha value is -3.42. The van der Waals surface area contributed by atoms with Crippen molar-refractivity contribution in [3.05, 3.63) is 61.1 Å². The first-order valence-electron chi connectivity index (χ1n) is 13.9. The van der Waals surface area contributed by atoms with Gasteiger partial charge in [0.25, 0.3) is 5.56 Å². The van der Waals surface area contributed by atoms with Gasteiger partial charge in [-0.25, -0.2) is 14.2 Å². The predicted octanol–water partition coefficient (Wildman–Crippen LogP) is 5.10. The average molecular weight is 566 g/mol. The van der Waals surface area contributed by atoms with E-state index in [9.17, 15) is 24.8 Å². The van der Waals surface area contributed by atoms with Crippen molar-refractivity contribution >= 4 is 27.5 Å². The second kappa shape index (κ2) is 11.2. The minimum Gasteiger partial charge on any atom is -0.493 e. The minimum absolute atomic E-state index is 0.00235. The maximum atomic E-state index is 14.0. The van der Waals surface area contributed by atoms with E-state index in [0.717, 1.165) is 66.4 Å². The summed E-state index contributed by atoms with van der Waals surface area (Å²) in [5.41, 5.74) is -2.02. The Bertz CT molecular complexity index is 1580. The normalized spacial score (nSPS) is 17.1. The fraction of sp³-hybridized carbons (Fsp3) is 0.533. The number of aliphatic carboxylic acids is 1. The zero-order chi connectivity index (χ0) is 28.6. The van der Waals surface area contributed by atoms with Crippen LogP contribution in [0.3, 0.4) is 0 Å². The summed E-state index contributed by atoms with van der Waals surface area (Å²) in [6.07, 6.45) is 6.82. The first kappa shape index (κ1) is 28.1. The zero-order valence-corrected chi connectivity index (χ0v) is 24.0. The van der Waals surface area contributed by atoms with Gasteiger partial charge < -0.3 is 14.6 Å². The SMILES string of the molecule is Cc1c(C#N)sc2c1c(=O)n(C(C)(C)C(=O)O)c(=O)n2CC(OC1CCCCC1)c1ccccc1OCC1CC1. The van der Waals surface area contributed by atoms with Gasteiger partial charge in [-0.05, 0) is 64.0 Å². The van der Waals surface area contributed by atoms with E-state index >= 15 is 0 Å². The van der Waals surface area contributed by atoms with Crippen LogP contribution in [0.15, 0.2) is 33.9 Å². The summed E-state index contributed by atoms with van der Waals surface area (Å²) in [4.78, 5) is 40.5. The number of rotatable bonds is 10. The number of thiophene rings is 1. The molecule has 0 aliphatic heterocycles. The van der Waals surface area contributed by atoms with Crippen molar-refractivity contribution in [2.75, 3.05) is 6.61 Å². The molecule has 2 aliphatic rings. The quantitative estimate of drug-likeness (QED) is 0.363. The highest BCUT2D eigenvalue weighted by molar-refractivity contribution is 7.19. The molecule has 0 saturated heterocycles. The van der Waals surface area contributed by atoms with Gasteiger partial charge in [0.05, 0.1) is 24.6 Å².